The van der Waals surface area contributed by atoms with Gasteiger partial charge in [0.15, 0.2) is 0 Å². The zero-order chi connectivity index (χ0) is 13.5. The molecule has 1 heterocycles. The van der Waals surface area contributed by atoms with E-state index in [2.05, 4.69) is 35.9 Å². The minimum atomic E-state index is 0.0118. The number of hydrogen-bond donors (Lipinski definition) is 1. The standard InChI is InChI=1S/C14H29N3O/c1-5-6-15-14(18)13(4)17-9-7-16(8-10-17)11-12(2)3/h12-13H,5-11H2,1-4H3,(H,15,18). The molecule has 0 radical (unpaired) electrons. The number of carbonyl (C=O) groups excluding carboxylic acids is 1. The Morgan fingerprint density at radius 2 is 1.78 bits per heavy atom. The van der Waals surface area contributed by atoms with Crippen molar-refractivity contribution < 1.29 is 4.79 Å². The smallest absolute Gasteiger partial charge is 0.237 e. The van der Waals surface area contributed by atoms with Crippen molar-refractivity contribution in [2.75, 3.05) is 39.3 Å². The maximum atomic E-state index is 11.9. The molecule has 4 heteroatoms. The van der Waals surface area contributed by atoms with Gasteiger partial charge < -0.3 is 10.2 Å². The van der Waals surface area contributed by atoms with Crippen LogP contribution in [0.3, 0.4) is 0 Å². The van der Waals surface area contributed by atoms with Crippen molar-refractivity contribution >= 4 is 5.91 Å². The van der Waals surface area contributed by atoms with E-state index in [1.165, 1.54) is 6.54 Å². The summed E-state index contributed by atoms with van der Waals surface area (Å²) in [4.78, 5) is 16.7. The van der Waals surface area contributed by atoms with Gasteiger partial charge in [0.1, 0.15) is 0 Å². The lowest BCUT2D eigenvalue weighted by molar-refractivity contribution is -0.126. The highest BCUT2D eigenvalue weighted by molar-refractivity contribution is 5.81. The summed E-state index contributed by atoms with van der Waals surface area (Å²) in [6.45, 7) is 14.8. The summed E-state index contributed by atoms with van der Waals surface area (Å²) in [5.41, 5.74) is 0. The van der Waals surface area contributed by atoms with E-state index in [9.17, 15) is 4.79 Å². The fraction of sp³-hybridized carbons (Fsp3) is 0.929. The predicted octanol–water partition coefficient (Wildman–Crippen LogP) is 1.17. The van der Waals surface area contributed by atoms with Crippen LogP contribution in [-0.2, 0) is 4.79 Å². The van der Waals surface area contributed by atoms with Gasteiger partial charge in [0, 0.05) is 39.3 Å². The lowest BCUT2D eigenvalue weighted by atomic mass is 10.1. The second-order valence-electron chi connectivity index (χ2n) is 5.70. The SMILES string of the molecule is CCCNC(=O)C(C)N1CCN(CC(C)C)CC1. The van der Waals surface area contributed by atoms with Crippen LogP contribution < -0.4 is 5.32 Å². The van der Waals surface area contributed by atoms with Crippen LogP contribution in [0.5, 0.6) is 0 Å². The second kappa shape index (κ2) is 7.74. The highest BCUT2D eigenvalue weighted by atomic mass is 16.2. The third-order valence-corrected chi connectivity index (χ3v) is 3.51. The Hall–Kier alpha value is -0.610. The van der Waals surface area contributed by atoms with Crippen molar-refractivity contribution in [1.82, 2.24) is 15.1 Å². The molecular weight excluding hydrogens is 226 g/mol. The quantitative estimate of drug-likeness (QED) is 0.774. The van der Waals surface area contributed by atoms with Crippen LogP contribution in [-0.4, -0.2) is 61.0 Å². The number of rotatable bonds is 6. The first kappa shape index (κ1) is 15.4. The minimum Gasteiger partial charge on any atom is -0.355 e. The average Bonchev–Trinajstić information content (AvgIpc) is 2.35. The molecule has 1 saturated heterocycles. The van der Waals surface area contributed by atoms with Gasteiger partial charge in [-0.1, -0.05) is 20.8 Å². The van der Waals surface area contributed by atoms with Gasteiger partial charge in [0.2, 0.25) is 5.91 Å². The molecule has 0 aromatic rings. The van der Waals surface area contributed by atoms with Crippen LogP contribution in [0.15, 0.2) is 0 Å². The normalized spacial score (nSPS) is 20.1. The summed E-state index contributed by atoms with van der Waals surface area (Å²) in [7, 11) is 0. The van der Waals surface area contributed by atoms with Gasteiger partial charge in [0.05, 0.1) is 6.04 Å². The highest BCUT2D eigenvalue weighted by Crippen LogP contribution is 2.08. The molecule has 106 valence electrons. The topological polar surface area (TPSA) is 35.6 Å². The Balaban J connectivity index is 2.31. The molecule has 0 saturated carbocycles. The zero-order valence-corrected chi connectivity index (χ0v) is 12.4. The van der Waals surface area contributed by atoms with E-state index >= 15 is 0 Å². The third-order valence-electron chi connectivity index (χ3n) is 3.51. The minimum absolute atomic E-state index is 0.0118. The van der Waals surface area contributed by atoms with Crippen LogP contribution in [0.1, 0.15) is 34.1 Å². The van der Waals surface area contributed by atoms with Gasteiger partial charge in [-0.3, -0.25) is 9.69 Å². The maximum absolute atomic E-state index is 11.9. The van der Waals surface area contributed by atoms with E-state index in [1.54, 1.807) is 0 Å². The van der Waals surface area contributed by atoms with Gasteiger partial charge in [0.25, 0.3) is 0 Å². The summed E-state index contributed by atoms with van der Waals surface area (Å²) < 4.78 is 0. The summed E-state index contributed by atoms with van der Waals surface area (Å²) in [5.74, 6) is 0.899. The number of piperazine rings is 1. The van der Waals surface area contributed by atoms with Gasteiger partial charge >= 0.3 is 0 Å². The molecule has 1 amide bonds. The third kappa shape index (κ3) is 4.94. The molecule has 1 unspecified atom stereocenters. The fourth-order valence-electron chi connectivity index (χ4n) is 2.41. The molecule has 1 aliphatic heterocycles. The lowest BCUT2D eigenvalue weighted by Gasteiger charge is -2.38. The van der Waals surface area contributed by atoms with Crippen LogP contribution in [0.4, 0.5) is 0 Å². The number of nitrogens with zero attached hydrogens (tertiary/aromatic N) is 2. The number of nitrogens with one attached hydrogen (secondary N) is 1. The Labute approximate surface area is 112 Å². The van der Waals surface area contributed by atoms with Gasteiger partial charge in [-0.2, -0.15) is 0 Å². The molecule has 0 aromatic carbocycles. The number of carbonyl (C=O) groups is 1. The molecule has 18 heavy (non-hydrogen) atoms. The molecule has 1 aliphatic rings. The first-order valence-corrected chi connectivity index (χ1v) is 7.28. The summed E-state index contributed by atoms with van der Waals surface area (Å²) in [5, 5.41) is 2.98. The number of hydrogen-bond acceptors (Lipinski definition) is 3. The molecule has 0 bridgehead atoms. The largest absolute Gasteiger partial charge is 0.355 e. The molecule has 0 aromatic heterocycles. The molecule has 0 aliphatic carbocycles. The van der Waals surface area contributed by atoms with Crippen LogP contribution in [0.2, 0.25) is 0 Å². The van der Waals surface area contributed by atoms with E-state index in [0.29, 0.717) is 0 Å². The fourth-order valence-corrected chi connectivity index (χ4v) is 2.41. The number of amides is 1. The first-order chi connectivity index (χ1) is 8.54. The Kier molecular flexibility index (Phi) is 6.65. The average molecular weight is 255 g/mol. The van der Waals surface area contributed by atoms with E-state index in [-0.39, 0.29) is 11.9 Å². The summed E-state index contributed by atoms with van der Waals surface area (Å²) >= 11 is 0. The predicted molar refractivity (Wildman–Crippen MR) is 75.6 cm³/mol. The Morgan fingerprint density at radius 1 is 1.17 bits per heavy atom. The Bertz CT molecular complexity index is 247. The zero-order valence-electron chi connectivity index (χ0n) is 12.4. The van der Waals surface area contributed by atoms with Crippen LogP contribution in [0.25, 0.3) is 0 Å². The van der Waals surface area contributed by atoms with E-state index < -0.39 is 0 Å². The van der Waals surface area contributed by atoms with Crippen molar-refractivity contribution in [3.63, 3.8) is 0 Å². The first-order valence-electron chi connectivity index (χ1n) is 7.28. The van der Waals surface area contributed by atoms with Crippen molar-refractivity contribution in [1.29, 1.82) is 0 Å². The molecule has 1 rings (SSSR count). The molecule has 1 atom stereocenters. The van der Waals surface area contributed by atoms with Crippen molar-refractivity contribution in [3.8, 4) is 0 Å². The molecular formula is C14H29N3O. The van der Waals surface area contributed by atoms with Crippen molar-refractivity contribution in [2.45, 2.75) is 40.2 Å². The van der Waals surface area contributed by atoms with Crippen molar-refractivity contribution in [2.24, 2.45) is 5.92 Å². The molecule has 1 fully saturated rings. The summed E-state index contributed by atoms with van der Waals surface area (Å²) in [6, 6.07) is 0.0118. The maximum Gasteiger partial charge on any atom is 0.237 e. The monoisotopic (exact) mass is 255 g/mol. The molecule has 4 nitrogen and oxygen atoms in total. The van der Waals surface area contributed by atoms with Gasteiger partial charge in [-0.05, 0) is 19.3 Å². The highest BCUT2D eigenvalue weighted by Gasteiger charge is 2.25. The summed E-state index contributed by atoms with van der Waals surface area (Å²) in [6.07, 6.45) is 1.00. The van der Waals surface area contributed by atoms with Crippen molar-refractivity contribution in [3.05, 3.63) is 0 Å². The Morgan fingerprint density at radius 3 is 2.28 bits per heavy atom. The van der Waals surface area contributed by atoms with Crippen LogP contribution >= 0.6 is 0 Å². The second-order valence-corrected chi connectivity index (χ2v) is 5.70. The lowest BCUT2D eigenvalue weighted by Crippen LogP contribution is -2.54. The van der Waals surface area contributed by atoms with Gasteiger partial charge in [-0.25, -0.2) is 0 Å². The molecule has 1 N–H and O–H groups in total. The van der Waals surface area contributed by atoms with E-state index in [4.69, 9.17) is 0 Å². The molecule has 0 spiro atoms. The van der Waals surface area contributed by atoms with Gasteiger partial charge in [-0.15, -0.1) is 0 Å². The van der Waals surface area contributed by atoms with E-state index in [0.717, 1.165) is 45.1 Å². The van der Waals surface area contributed by atoms with E-state index in [1.807, 2.05) is 6.92 Å². The van der Waals surface area contributed by atoms with Crippen LogP contribution in [0, 0.1) is 5.92 Å².